The van der Waals surface area contributed by atoms with Crippen molar-refractivity contribution in [1.29, 1.82) is 0 Å². The smallest absolute Gasteiger partial charge is 0.166 e. The lowest BCUT2D eigenvalue weighted by Crippen LogP contribution is -2.36. The van der Waals surface area contributed by atoms with E-state index in [4.69, 9.17) is 0 Å². The zero-order valence-electron chi connectivity index (χ0n) is 13.5. The van der Waals surface area contributed by atoms with Crippen molar-refractivity contribution in [3.8, 4) is 0 Å². The molecule has 2 aromatic carbocycles. The molecule has 0 aromatic heterocycles. The van der Waals surface area contributed by atoms with Crippen molar-refractivity contribution in [2.45, 2.75) is 12.3 Å². The summed E-state index contributed by atoms with van der Waals surface area (Å²) < 4.78 is 0. The van der Waals surface area contributed by atoms with E-state index in [1.165, 1.54) is 5.56 Å². The van der Waals surface area contributed by atoms with E-state index in [1.54, 1.807) is 0 Å². The van der Waals surface area contributed by atoms with Crippen molar-refractivity contribution < 1.29 is 9.59 Å². The molecule has 0 amide bonds. The average Bonchev–Trinajstić information content (AvgIpc) is 3.45. The standard InChI is InChI=1S/C22H18O2/c1-11-7-9-12(10-8-11)20(23)17-14-15-16(14)21(24)22(18(15)19(17)22)13-5-3-2-4-6-13/h2-10,14-19H,1H3. The second-order valence-corrected chi connectivity index (χ2v) is 8.09. The Kier molecular flexibility index (Phi) is 2.12. The zero-order valence-corrected chi connectivity index (χ0v) is 13.5. The van der Waals surface area contributed by atoms with Crippen LogP contribution >= 0.6 is 0 Å². The van der Waals surface area contributed by atoms with Crippen molar-refractivity contribution in [2.75, 3.05) is 0 Å². The molecule has 0 heterocycles. The maximum absolute atomic E-state index is 13.2. The number of ketones is 2. The van der Waals surface area contributed by atoms with E-state index in [-0.39, 0.29) is 29.0 Å². The van der Waals surface area contributed by atoms with Crippen molar-refractivity contribution in [3.05, 3.63) is 71.3 Å². The van der Waals surface area contributed by atoms with Gasteiger partial charge in [-0.15, -0.1) is 0 Å². The van der Waals surface area contributed by atoms with Crippen molar-refractivity contribution >= 4 is 11.6 Å². The van der Waals surface area contributed by atoms with Gasteiger partial charge in [0.15, 0.2) is 5.78 Å². The molecule has 24 heavy (non-hydrogen) atoms. The highest BCUT2D eigenvalue weighted by Gasteiger charge is 2.95. The molecule has 7 atom stereocenters. The normalized spacial score (nSPS) is 42.8. The SMILES string of the molecule is Cc1ccc(C(=O)C2C3C4C(=O)C5(c6ccccc6)C2C5C43)cc1. The van der Waals surface area contributed by atoms with E-state index in [2.05, 4.69) is 12.1 Å². The molecule has 118 valence electrons. The summed E-state index contributed by atoms with van der Waals surface area (Å²) in [5, 5.41) is 0. The lowest BCUT2D eigenvalue weighted by atomic mass is 9.74. The Morgan fingerprint density at radius 3 is 2.29 bits per heavy atom. The molecule has 2 aromatic rings. The summed E-state index contributed by atoms with van der Waals surface area (Å²) >= 11 is 0. The third-order valence-electron chi connectivity index (χ3n) is 7.28. The van der Waals surface area contributed by atoms with E-state index < -0.39 is 0 Å². The molecule has 0 N–H and O–H groups in total. The van der Waals surface area contributed by atoms with Crippen LogP contribution in [0.2, 0.25) is 0 Å². The van der Waals surface area contributed by atoms with Gasteiger partial charge >= 0.3 is 0 Å². The van der Waals surface area contributed by atoms with E-state index in [9.17, 15) is 9.59 Å². The highest BCUT2D eigenvalue weighted by Crippen LogP contribution is 2.90. The first-order valence-corrected chi connectivity index (χ1v) is 8.88. The highest BCUT2D eigenvalue weighted by atomic mass is 16.1. The quantitative estimate of drug-likeness (QED) is 0.813. The fourth-order valence-electron chi connectivity index (χ4n) is 6.46. The minimum Gasteiger partial charge on any atom is -0.298 e. The second-order valence-electron chi connectivity index (χ2n) is 8.09. The van der Waals surface area contributed by atoms with Gasteiger partial charge in [0.05, 0.1) is 5.41 Å². The van der Waals surface area contributed by atoms with Crippen LogP contribution in [0.5, 0.6) is 0 Å². The first-order valence-electron chi connectivity index (χ1n) is 8.88. The molecule has 2 heteroatoms. The van der Waals surface area contributed by atoms with Gasteiger partial charge < -0.3 is 0 Å². The zero-order chi connectivity index (χ0) is 16.2. The Hall–Kier alpha value is -2.22. The summed E-state index contributed by atoms with van der Waals surface area (Å²) in [7, 11) is 0. The highest BCUT2D eigenvalue weighted by molar-refractivity contribution is 6.10. The van der Waals surface area contributed by atoms with Crippen LogP contribution in [0.15, 0.2) is 54.6 Å². The third kappa shape index (κ3) is 1.21. The fraction of sp³-hybridized carbons (Fsp3) is 0.364. The first kappa shape index (κ1) is 13.1. The number of aryl methyl sites for hydroxylation is 1. The van der Waals surface area contributed by atoms with Gasteiger partial charge in [-0.3, -0.25) is 9.59 Å². The number of carbonyl (C=O) groups is 2. The Morgan fingerprint density at radius 2 is 1.62 bits per heavy atom. The van der Waals surface area contributed by atoms with E-state index in [1.807, 2.05) is 49.4 Å². The summed E-state index contributed by atoms with van der Waals surface area (Å²) in [6, 6.07) is 18.1. The predicted octanol–water partition coefficient (Wildman–Crippen LogP) is 3.44. The number of hydrogen-bond acceptors (Lipinski definition) is 2. The van der Waals surface area contributed by atoms with Crippen LogP contribution in [0.4, 0.5) is 0 Å². The Bertz CT molecular complexity index is 897. The van der Waals surface area contributed by atoms with Crippen LogP contribution in [0.1, 0.15) is 21.5 Å². The van der Waals surface area contributed by atoms with Crippen molar-refractivity contribution in [1.82, 2.24) is 0 Å². The number of rotatable bonds is 3. The average molecular weight is 314 g/mol. The third-order valence-corrected chi connectivity index (χ3v) is 7.28. The van der Waals surface area contributed by atoms with Gasteiger partial charge in [0.1, 0.15) is 5.78 Å². The maximum Gasteiger partial charge on any atom is 0.166 e. The van der Waals surface area contributed by atoms with Gasteiger partial charge in [0.2, 0.25) is 0 Å². The van der Waals surface area contributed by atoms with Crippen LogP contribution in [-0.2, 0) is 10.2 Å². The van der Waals surface area contributed by atoms with Gasteiger partial charge in [-0.05, 0) is 36.2 Å². The molecule has 6 rings (SSSR count). The molecule has 0 bridgehead atoms. The number of fused-ring (bicyclic) bond motifs is 2. The van der Waals surface area contributed by atoms with Crippen molar-refractivity contribution in [3.63, 3.8) is 0 Å². The van der Waals surface area contributed by atoms with Crippen LogP contribution < -0.4 is 0 Å². The van der Waals surface area contributed by atoms with E-state index >= 15 is 0 Å². The summed E-state index contributed by atoms with van der Waals surface area (Å²) in [4.78, 5) is 26.2. The Morgan fingerprint density at radius 1 is 0.917 bits per heavy atom. The van der Waals surface area contributed by atoms with Crippen LogP contribution in [0.25, 0.3) is 0 Å². The molecule has 0 saturated heterocycles. The molecule has 0 spiro atoms. The minimum absolute atomic E-state index is 0.0608. The lowest BCUT2D eigenvalue weighted by molar-refractivity contribution is -0.124. The number of hydrogen-bond donors (Lipinski definition) is 0. The van der Waals surface area contributed by atoms with Crippen LogP contribution in [-0.4, -0.2) is 11.6 Å². The lowest BCUT2D eigenvalue weighted by Gasteiger charge is -2.27. The molecular formula is C22H18O2. The van der Waals surface area contributed by atoms with Gasteiger partial charge in [0, 0.05) is 17.4 Å². The summed E-state index contributed by atoms with van der Waals surface area (Å²) in [5.41, 5.74) is 2.82. The molecule has 4 fully saturated rings. The molecule has 0 aliphatic heterocycles. The second kappa shape index (κ2) is 3.88. The van der Waals surface area contributed by atoms with E-state index in [0.29, 0.717) is 23.5 Å². The molecular weight excluding hydrogens is 296 g/mol. The Balaban J connectivity index is 1.42. The monoisotopic (exact) mass is 314 g/mol. The molecule has 7 unspecified atom stereocenters. The van der Waals surface area contributed by atoms with Gasteiger partial charge in [-0.25, -0.2) is 0 Å². The number of benzene rings is 2. The molecule has 4 saturated carbocycles. The van der Waals surface area contributed by atoms with Crippen LogP contribution in [0, 0.1) is 42.4 Å². The molecule has 2 nitrogen and oxygen atoms in total. The number of Topliss-reactive ketones (excluding diaryl/α,β-unsaturated/α-hetero) is 2. The Labute approximate surface area is 140 Å². The predicted molar refractivity (Wildman–Crippen MR) is 89.6 cm³/mol. The topological polar surface area (TPSA) is 34.1 Å². The maximum atomic E-state index is 13.2. The number of carbonyl (C=O) groups excluding carboxylic acids is 2. The molecule has 4 aliphatic carbocycles. The fourth-order valence-corrected chi connectivity index (χ4v) is 6.46. The van der Waals surface area contributed by atoms with E-state index in [0.717, 1.165) is 11.1 Å². The largest absolute Gasteiger partial charge is 0.298 e. The molecule has 4 aliphatic rings. The molecule has 0 radical (unpaired) electrons. The summed E-state index contributed by atoms with van der Waals surface area (Å²) in [5.74, 6) is 2.44. The minimum atomic E-state index is -0.323. The van der Waals surface area contributed by atoms with Gasteiger partial charge in [-0.2, -0.15) is 0 Å². The summed E-state index contributed by atoms with van der Waals surface area (Å²) in [6.07, 6.45) is 0. The first-order chi connectivity index (χ1) is 11.7. The summed E-state index contributed by atoms with van der Waals surface area (Å²) in [6.45, 7) is 2.04. The van der Waals surface area contributed by atoms with Gasteiger partial charge in [0.25, 0.3) is 0 Å². The van der Waals surface area contributed by atoms with Crippen molar-refractivity contribution in [2.24, 2.45) is 35.5 Å². The van der Waals surface area contributed by atoms with Crippen LogP contribution in [0.3, 0.4) is 0 Å². The van der Waals surface area contributed by atoms with Gasteiger partial charge in [-0.1, -0.05) is 60.2 Å².